The van der Waals surface area contributed by atoms with Gasteiger partial charge in [0, 0.05) is 40.8 Å². The van der Waals surface area contributed by atoms with Crippen LogP contribution in [-0.4, -0.2) is 0 Å². The summed E-state index contributed by atoms with van der Waals surface area (Å²) >= 11 is 19.2. The topological polar surface area (TPSA) is 57.0 Å². The fraction of sp³-hybridized carbons (Fsp3) is 0. The molecule has 0 atom stereocenters. The first-order chi connectivity index (χ1) is 13.6. The summed E-state index contributed by atoms with van der Waals surface area (Å²) in [5, 5.41) is 0. The molecule has 0 fully saturated rings. The van der Waals surface area contributed by atoms with Crippen molar-refractivity contribution in [3.8, 4) is 0 Å². The summed E-state index contributed by atoms with van der Waals surface area (Å²) in [4.78, 5) is 3.62. The Morgan fingerprint density at radius 1 is 0.294 bits per heavy atom. The smallest absolute Gasteiger partial charge is 0 e. The number of hydrogen-bond acceptors (Lipinski definition) is 4. The molecule has 0 aliphatic carbocycles. The van der Waals surface area contributed by atoms with Crippen molar-refractivity contribution in [2.75, 3.05) is 0 Å². The van der Waals surface area contributed by atoms with Crippen molar-refractivity contribution in [2.45, 2.75) is 19.6 Å². The minimum absolute atomic E-state index is 0. The SMILES string of the molecule is [CH3-].[CH3-].[O-2].[O-2].[Re].[Re].[S-]c1ccccc1.[S-]c1ccccc1.[S-]c1ccccc1.[S-]c1ccccc1. The Morgan fingerprint density at radius 2 is 0.412 bits per heavy atom. The molecule has 4 aromatic rings. The van der Waals surface area contributed by atoms with Crippen molar-refractivity contribution in [1.29, 1.82) is 0 Å². The van der Waals surface area contributed by atoms with Crippen LogP contribution < -0.4 is 0 Å². The van der Waals surface area contributed by atoms with Gasteiger partial charge in [-0.1, -0.05) is 121 Å². The Hall–Kier alpha value is -0.995. The van der Waals surface area contributed by atoms with Crippen molar-refractivity contribution >= 4 is 50.5 Å². The predicted molar refractivity (Wildman–Crippen MR) is 142 cm³/mol. The Morgan fingerprint density at radius 3 is 0.471 bits per heavy atom. The van der Waals surface area contributed by atoms with E-state index in [1.165, 1.54) is 0 Å². The molecule has 0 N–H and O–H groups in total. The van der Waals surface area contributed by atoms with E-state index in [2.05, 4.69) is 0 Å². The van der Waals surface area contributed by atoms with Crippen LogP contribution in [0.15, 0.2) is 141 Å². The van der Waals surface area contributed by atoms with Crippen LogP contribution in [0, 0.1) is 14.9 Å². The van der Waals surface area contributed by atoms with Gasteiger partial charge in [-0.3, -0.25) is 0 Å². The van der Waals surface area contributed by atoms with E-state index in [0.717, 1.165) is 19.6 Å². The van der Waals surface area contributed by atoms with Crippen molar-refractivity contribution < 1.29 is 51.8 Å². The van der Waals surface area contributed by atoms with Gasteiger partial charge in [-0.2, -0.15) is 19.6 Å². The minimum Gasteiger partial charge on any atom is -2.00 e. The maximum absolute atomic E-state index is 4.81. The molecule has 0 aliphatic rings. The van der Waals surface area contributed by atoms with Crippen LogP contribution in [0.2, 0.25) is 0 Å². The summed E-state index contributed by atoms with van der Waals surface area (Å²) < 4.78 is 0. The van der Waals surface area contributed by atoms with Crippen molar-refractivity contribution in [3.05, 3.63) is 136 Å². The molecule has 8 heteroatoms. The van der Waals surface area contributed by atoms with Crippen LogP contribution in [0.1, 0.15) is 0 Å². The Labute approximate surface area is 256 Å². The number of benzene rings is 4. The van der Waals surface area contributed by atoms with Gasteiger partial charge >= 0.3 is 0 Å². The van der Waals surface area contributed by atoms with Gasteiger partial charge in [-0.25, -0.2) is 0 Å². The van der Waals surface area contributed by atoms with E-state index in [0.29, 0.717) is 0 Å². The molecule has 0 saturated carbocycles. The monoisotopic (exact) mass is 872 g/mol. The van der Waals surface area contributed by atoms with Crippen LogP contribution in [-0.2, 0) is 102 Å². The van der Waals surface area contributed by atoms with E-state index in [1.54, 1.807) is 0 Å². The van der Waals surface area contributed by atoms with Gasteiger partial charge in [0.1, 0.15) is 0 Å². The molecule has 0 aliphatic heterocycles. The second-order valence-electron chi connectivity index (χ2n) is 5.25. The first-order valence-electron chi connectivity index (χ1n) is 8.46. The Balaban J connectivity index is -0.0000000726. The van der Waals surface area contributed by atoms with Gasteiger partial charge in [0.05, 0.1) is 0 Å². The molecular formula is C26H26O2Re2S4-10. The standard InChI is InChI=1S/4C6H6S.2CH3.2O.2Re/c4*7-6-4-2-1-3-5-6;;;;;;/h4*1-5,7H;2*1H3;;;;/q;;;;2*-1;2*-2;;/p-4. The second-order valence-corrected chi connectivity index (χ2v) is 7.14. The molecule has 0 spiro atoms. The Bertz CT molecular complexity index is 709. The van der Waals surface area contributed by atoms with Crippen LogP contribution in [0.4, 0.5) is 0 Å². The van der Waals surface area contributed by atoms with Crippen molar-refractivity contribution in [2.24, 2.45) is 0 Å². The minimum atomic E-state index is 0. The van der Waals surface area contributed by atoms with E-state index in [9.17, 15) is 0 Å². The van der Waals surface area contributed by atoms with Crippen LogP contribution in [0.3, 0.4) is 0 Å². The molecule has 34 heavy (non-hydrogen) atoms. The molecular weight excluding hydrogens is 845 g/mol. The second kappa shape index (κ2) is 32.0. The summed E-state index contributed by atoms with van der Waals surface area (Å²) in [6.07, 6.45) is 0. The third kappa shape index (κ3) is 29.0. The molecule has 190 valence electrons. The molecule has 0 heterocycles. The van der Waals surface area contributed by atoms with E-state index in [1.807, 2.05) is 121 Å². The molecule has 0 bridgehead atoms. The molecule has 4 rings (SSSR count). The fourth-order valence-electron chi connectivity index (χ4n) is 1.68. The summed E-state index contributed by atoms with van der Waals surface area (Å²) in [6.45, 7) is 0. The molecule has 2 radical (unpaired) electrons. The van der Waals surface area contributed by atoms with Crippen LogP contribution >= 0.6 is 0 Å². The normalized spacial score (nSPS) is 7.06. The van der Waals surface area contributed by atoms with Gasteiger partial charge in [0.15, 0.2) is 0 Å². The van der Waals surface area contributed by atoms with Gasteiger partial charge in [0.25, 0.3) is 0 Å². The van der Waals surface area contributed by atoms with E-state index in [-0.39, 0.29) is 66.7 Å². The molecule has 0 unspecified atom stereocenters. The van der Waals surface area contributed by atoms with E-state index in [4.69, 9.17) is 50.5 Å². The van der Waals surface area contributed by atoms with Crippen molar-refractivity contribution in [1.82, 2.24) is 0 Å². The summed E-state index contributed by atoms with van der Waals surface area (Å²) in [5.41, 5.74) is 0. The first kappa shape index (κ1) is 46.4. The fourth-order valence-corrected chi connectivity index (χ4v) is 2.31. The average Bonchev–Trinajstić information content (AvgIpc) is 2.72. The third-order valence-corrected chi connectivity index (χ3v) is 4.06. The molecule has 0 aromatic heterocycles. The predicted octanol–water partition coefficient (Wildman–Crippen LogP) is 7.03. The quantitative estimate of drug-likeness (QED) is 0.141. The maximum Gasteiger partial charge on any atom is 0 e. The molecule has 2 nitrogen and oxygen atoms in total. The van der Waals surface area contributed by atoms with Gasteiger partial charge in [0.2, 0.25) is 0 Å². The van der Waals surface area contributed by atoms with Crippen LogP contribution in [0.5, 0.6) is 0 Å². The van der Waals surface area contributed by atoms with E-state index < -0.39 is 0 Å². The Kier molecular flexibility index (Phi) is 43.6. The third-order valence-electron chi connectivity index (χ3n) is 2.97. The summed E-state index contributed by atoms with van der Waals surface area (Å²) in [7, 11) is 0. The number of rotatable bonds is 0. The zero-order chi connectivity index (χ0) is 20.5. The van der Waals surface area contributed by atoms with E-state index >= 15 is 0 Å². The van der Waals surface area contributed by atoms with Gasteiger partial charge < -0.3 is 76.3 Å². The summed E-state index contributed by atoms with van der Waals surface area (Å²) in [5.74, 6) is 0. The summed E-state index contributed by atoms with van der Waals surface area (Å²) in [6, 6.07) is 38.5. The average molecular weight is 871 g/mol. The largest absolute Gasteiger partial charge is 2.00 e. The molecule has 0 amide bonds. The van der Waals surface area contributed by atoms with Gasteiger partial charge in [-0.05, 0) is 0 Å². The molecule has 0 saturated heterocycles. The first-order valence-corrected chi connectivity index (χ1v) is 10.1. The van der Waals surface area contributed by atoms with Gasteiger partial charge in [-0.15, -0.1) is 0 Å². The number of hydrogen-bond donors (Lipinski definition) is 0. The maximum atomic E-state index is 4.81. The van der Waals surface area contributed by atoms with Crippen molar-refractivity contribution in [3.63, 3.8) is 0 Å². The molecule has 4 aromatic carbocycles. The van der Waals surface area contributed by atoms with Crippen LogP contribution in [0.25, 0.3) is 0 Å². The zero-order valence-electron chi connectivity index (χ0n) is 18.8. The zero-order valence-corrected chi connectivity index (χ0v) is 27.5.